The number of nitrogens with one attached hydrogen (secondary N) is 1. The minimum atomic E-state index is 0.118. The average Bonchev–Trinajstić information content (AvgIpc) is 2.16. The number of allylic oxidation sites excluding steroid dienone is 1. The van der Waals surface area contributed by atoms with E-state index in [0.29, 0.717) is 6.04 Å². The van der Waals surface area contributed by atoms with E-state index in [-0.39, 0.29) is 5.91 Å². The van der Waals surface area contributed by atoms with Crippen molar-refractivity contribution >= 4 is 5.91 Å². The van der Waals surface area contributed by atoms with Crippen LogP contribution >= 0.6 is 0 Å². The van der Waals surface area contributed by atoms with Crippen molar-refractivity contribution in [2.45, 2.75) is 58.4 Å². The smallest absolute Gasteiger partial charge is 0.217 e. The van der Waals surface area contributed by atoms with Gasteiger partial charge in [-0.25, -0.2) is 0 Å². The zero-order valence-electron chi connectivity index (χ0n) is 9.81. The van der Waals surface area contributed by atoms with Crippen molar-refractivity contribution < 1.29 is 4.79 Å². The van der Waals surface area contributed by atoms with Crippen molar-refractivity contribution in [2.75, 3.05) is 0 Å². The number of carbonyl (C=O) groups excluding carboxylic acids is 1. The lowest BCUT2D eigenvalue weighted by molar-refractivity contribution is -0.119. The van der Waals surface area contributed by atoms with Crippen molar-refractivity contribution in [1.29, 1.82) is 0 Å². The largest absolute Gasteiger partial charge is 0.353 e. The summed E-state index contributed by atoms with van der Waals surface area (Å²) < 4.78 is 0. The van der Waals surface area contributed by atoms with Crippen LogP contribution in [0.1, 0.15) is 52.4 Å². The fourth-order valence-corrected chi connectivity index (χ4v) is 2.95. The van der Waals surface area contributed by atoms with Crippen LogP contribution in [-0.4, -0.2) is 11.9 Å². The van der Waals surface area contributed by atoms with Gasteiger partial charge in [0.2, 0.25) is 5.91 Å². The monoisotopic (exact) mass is 207 g/mol. The molecule has 2 unspecified atom stereocenters. The first kappa shape index (κ1) is 10.7. The van der Waals surface area contributed by atoms with Gasteiger partial charge in [-0.1, -0.05) is 18.1 Å². The Morgan fingerprint density at radius 2 is 1.93 bits per heavy atom. The van der Waals surface area contributed by atoms with E-state index < -0.39 is 0 Å². The number of rotatable bonds is 1. The van der Waals surface area contributed by atoms with Crippen LogP contribution in [0.25, 0.3) is 0 Å². The summed E-state index contributed by atoms with van der Waals surface area (Å²) in [4.78, 5) is 11.0. The van der Waals surface area contributed by atoms with E-state index in [0.717, 1.165) is 18.8 Å². The van der Waals surface area contributed by atoms with Gasteiger partial charge in [0.05, 0.1) is 0 Å². The molecule has 2 nitrogen and oxygen atoms in total. The molecule has 0 aromatic carbocycles. The minimum Gasteiger partial charge on any atom is -0.353 e. The molecule has 0 radical (unpaired) electrons. The maximum Gasteiger partial charge on any atom is 0.217 e. The molecule has 15 heavy (non-hydrogen) atoms. The van der Waals surface area contributed by atoms with Gasteiger partial charge in [-0.3, -0.25) is 4.79 Å². The van der Waals surface area contributed by atoms with Crippen LogP contribution in [0.15, 0.2) is 11.1 Å². The highest BCUT2D eigenvalue weighted by atomic mass is 16.1. The van der Waals surface area contributed by atoms with E-state index in [1.165, 1.54) is 25.7 Å². The molecule has 2 atom stereocenters. The van der Waals surface area contributed by atoms with Gasteiger partial charge >= 0.3 is 0 Å². The van der Waals surface area contributed by atoms with Crippen LogP contribution < -0.4 is 5.32 Å². The van der Waals surface area contributed by atoms with Crippen LogP contribution in [0, 0.1) is 5.92 Å². The Morgan fingerprint density at radius 1 is 1.20 bits per heavy atom. The Morgan fingerprint density at radius 3 is 2.67 bits per heavy atom. The standard InChI is InChI=1S/C13H21NO/c1-9-3-4-11-5-6-13(14-10(2)15)8-12(11)7-9/h9,13H,3-8H2,1-2H3,(H,14,15). The highest BCUT2D eigenvalue weighted by Gasteiger charge is 2.25. The fraction of sp³-hybridized carbons (Fsp3) is 0.769. The minimum absolute atomic E-state index is 0.118. The second-order valence-electron chi connectivity index (χ2n) is 5.20. The van der Waals surface area contributed by atoms with Gasteiger partial charge in [-0.2, -0.15) is 0 Å². The Hall–Kier alpha value is -0.790. The zero-order chi connectivity index (χ0) is 10.8. The van der Waals surface area contributed by atoms with Crippen LogP contribution in [0.4, 0.5) is 0 Å². The maximum absolute atomic E-state index is 11.0. The van der Waals surface area contributed by atoms with Crippen molar-refractivity contribution in [2.24, 2.45) is 5.92 Å². The molecule has 2 aliphatic rings. The molecule has 0 fully saturated rings. The third-order valence-corrected chi connectivity index (χ3v) is 3.73. The quantitative estimate of drug-likeness (QED) is 0.658. The van der Waals surface area contributed by atoms with Crippen molar-refractivity contribution in [3.8, 4) is 0 Å². The highest BCUT2D eigenvalue weighted by molar-refractivity contribution is 5.73. The summed E-state index contributed by atoms with van der Waals surface area (Å²) in [5.41, 5.74) is 3.36. The second-order valence-corrected chi connectivity index (χ2v) is 5.20. The molecule has 2 rings (SSSR count). The summed E-state index contributed by atoms with van der Waals surface area (Å²) in [6.45, 7) is 3.96. The van der Waals surface area contributed by atoms with Gasteiger partial charge in [0.1, 0.15) is 0 Å². The summed E-state index contributed by atoms with van der Waals surface area (Å²) in [5.74, 6) is 0.965. The molecule has 2 aliphatic carbocycles. The van der Waals surface area contributed by atoms with Crippen LogP contribution in [0.3, 0.4) is 0 Å². The lowest BCUT2D eigenvalue weighted by atomic mass is 9.76. The molecule has 0 aromatic heterocycles. The third-order valence-electron chi connectivity index (χ3n) is 3.73. The van der Waals surface area contributed by atoms with Gasteiger partial charge in [0, 0.05) is 13.0 Å². The summed E-state index contributed by atoms with van der Waals surface area (Å²) >= 11 is 0. The summed E-state index contributed by atoms with van der Waals surface area (Å²) in [6.07, 6.45) is 7.41. The molecule has 2 heteroatoms. The van der Waals surface area contributed by atoms with E-state index in [4.69, 9.17) is 0 Å². The third kappa shape index (κ3) is 2.61. The van der Waals surface area contributed by atoms with Gasteiger partial charge < -0.3 is 5.32 Å². The maximum atomic E-state index is 11.0. The number of amides is 1. The van der Waals surface area contributed by atoms with Crippen molar-refractivity contribution in [3.05, 3.63) is 11.1 Å². The van der Waals surface area contributed by atoms with Gasteiger partial charge in [0.15, 0.2) is 0 Å². The predicted octanol–water partition coefficient (Wildman–Crippen LogP) is 2.79. The first-order chi connectivity index (χ1) is 7.15. The lowest BCUT2D eigenvalue weighted by Gasteiger charge is -2.33. The van der Waals surface area contributed by atoms with Crippen molar-refractivity contribution in [3.63, 3.8) is 0 Å². The van der Waals surface area contributed by atoms with E-state index in [9.17, 15) is 4.79 Å². The van der Waals surface area contributed by atoms with E-state index >= 15 is 0 Å². The summed E-state index contributed by atoms with van der Waals surface area (Å²) in [6, 6.07) is 0.409. The van der Waals surface area contributed by atoms with Crippen LogP contribution in [0.5, 0.6) is 0 Å². The molecule has 0 saturated carbocycles. The molecule has 0 spiro atoms. The molecule has 1 N–H and O–H groups in total. The lowest BCUT2D eigenvalue weighted by Crippen LogP contribution is -2.36. The predicted molar refractivity (Wildman–Crippen MR) is 61.5 cm³/mol. The Labute approximate surface area is 92.1 Å². The average molecular weight is 207 g/mol. The van der Waals surface area contributed by atoms with Crippen molar-refractivity contribution in [1.82, 2.24) is 5.32 Å². The molecule has 84 valence electrons. The SMILES string of the molecule is CC(=O)NC1CCC2=C(CC(C)CC2)C1. The molecule has 0 aliphatic heterocycles. The normalized spacial score (nSPS) is 31.1. The van der Waals surface area contributed by atoms with E-state index in [2.05, 4.69) is 12.2 Å². The zero-order valence-corrected chi connectivity index (χ0v) is 9.81. The Balaban J connectivity index is 1.99. The first-order valence-electron chi connectivity index (χ1n) is 6.12. The summed E-state index contributed by atoms with van der Waals surface area (Å²) in [7, 11) is 0. The van der Waals surface area contributed by atoms with Crippen LogP contribution in [-0.2, 0) is 4.79 Å². The molecular formula is C13H21NO. The molecule has 0 saturated heterocycles. The van der Waals surface area contributed by atoms with Gasteiger partial charge in [0.25, 0.3) is 0 Å². The number of hydrogen-bond donors (Lipinski definition) is 1. The van der Waals surface area contributed by atoms with E-state index in [1.54, 1.807) is 18.1 Å². The molecular weight excluding hydrogens is 186 g/mol. The number of hydrogen-bond acceptors (Lipinski definition) is 1. The summed E-state index contributed by atoms with van der Waals surface area (Å²) in [5, 5.41) is 3.06. The fourth-order valence-electron chi connectivity index (χ4n) is 2.95. The topological polar surface area (TPSA) is 29.1 Å². The Bertz CT molecular complexity index is 293. The first-order valence-corrected chi connectivity index (χ1v) is 6.12. The Kier molecular flexibility index (Phi) is 3.13. The van der Waals surface area contributed by atoms with Gasteiger partial charge in [-0.15, -0.1) is 0 Å². The van der Waals surface area contributed by atoms with Gasteiger partial charge in [-0.05, 0) is 44.4 Å². The van der Waals surface area contributed by atoms with E-state index in [1.807, 2.05) is 0 Å². The molecule has 1 amide bonds. The second kappa shape index (κ2) is 4.38. The molecule has 0 heterocycles. The van der Waals surface area contributed by atoms with Crippen LogP contribution in [0.2, 0.25) is 0 Å². The highest BCUT2D eigenvalue weighted by Crippen LogP contribution is 2.37. The molecule has 0 aromatic rings. The molecule has 0 bridgehead atoms. The number of carbonyl (C=O) groups is 1.